The molecule has 0 unspecified atom stereocenters. The molecule has 0 bridgehead atoms. The summed E-state index contributed by atoms with van der Waals surface area (Å²) in [6, 6.07) is 15.4. The molecular formula is C18H18O. The first-order chi connectivity index (χ1) is 8.97. The SMILES string of the molecule is CC(C)(C)c1ccc(O)c(C#Cc2ccccc2)c1. The van der Waals surface area contributed by atoms with E-state index in [0.29, 0.717) is 5.56 Å². The molecule has 0 aliphatic heterocycles. The van der Waals surface area contributed by atoms with Crippen LogP contribution in [0.25, 0.3) is 0 Å². The normalized spacial score (nSPS) is 10.7. The molecule has 96 valence electrons. The Labute approximate surface area is 114 Å². The number of phenolic OH excluding ortho intramolecular Hbond substituents is 1. The Bertz CT molecular complexity index is 622. The molecule has 0 radical (unpaired) electrons. The van der Waals surface area contributed by atoms with Crippen LogP contribution in [0, 0.1) is 11.8 Å². The van der Waals surface area contributed by atoms with Crippen LogP contribution in [0.2, 0.25) is 0 Å². The maximum Gasteiger partial charge on any atom is 0.131 e. The van der Waals surface area contributed by atoms with Crippen molar-refractivity contribution in [2.45, 2.75) is 26.2 Å². The molecule has 1 N–H and O–H groups in total. The summed E-state index contributed by atoms with van der Waals surface area (Å²) in [5.74, 6) is 6.34. The van der Waals surface area contributed by atoms with E-state index in [2.05, 4.69) is 32.6 Å². The zero-order valence-electron chi connectivity index (χ0n) is 11.6. The van der Waals surface area contributed by atoms with Crippen LogP contribution in [0.4, 0.5) is 0 Å². The molecule has 0 heterocycles. The van der Waals surface area contributed by atoms with E-state index in [9.17, 15) is 5.11 Å². The summed E-state index contributed by atoms with van der Waals surface area (Å²) in [6.07, 6.45) is 0. The van der Waals surface area contributed by atoms with Gasteiger partial charge in [0.25, 0.3) is 0 Å². The molecule has 2 aromatic rings. The lowest BCUT2D eigenvalue weighted by molar-refractivity contribution is 0.472. The highest BCUT2D eigenvalue weighted by Gasteiger charge is 2.14. The van der Waals surface area contributed by atoms with Crippen LogP contribution in [-0.2, 0) is 5.41 Å². The smallest absolute Gasteiger partial charge is 0.131 e. The summed E-state index contributed by atoms with van der Waals surface area (Å²) in [5.41, 5.74) is 2.85. The fourth-order valence-corrected chi connectivity index (χ4v) is 1.76. The van der Waals surface area contributed by atoms with Crippen LogP contribution >= 0.6 is 0 Å². The van der Waals surface area contributed by atoms with Gasteiger partial charge in [0.15, 0.2) is 0 Å². The molecular weight excluding hydrogens is 232 g/mol. The highest BCUT2D eigenvalue weighted by Crippen LogP contribution is 2.26. The first-order valence-corrected chi connectivity index (χ1v) is 6.37. The van der Waals surface area contributed by atoms with E-state index >= 15 is 0 Å². The van der Waals surface area contributed by atoms with E-state index in [1.54, 1.807) is 6.07 Å². The Morgan fingerprint density at radius 2 is 1.58 bits per heavy atom. The van der Waals surface area contributed by atoms with E-state index in [0.717, 1.165) is 5.56 Å². The lowest BCUT2D eigenvalue weighted by Gasteiger charge is -2.19. The fraction of sp³-hybridized carbons (Fsp3) is 0.222. The lowest BCUT2D eigenvalue weighted by atomic mass is 9.86. The van der Waals surface area contributed by atoms with Gasteiger partial charge in [-0.3, -0.25) is 0 Å². The number of aromatic hydroxyl groups is 1. The minimum atomic E-state index is 0.0525. The second-order valence-corrected chi connectivity index (χ2v) is 5.60. The Morgan fingerprint density at radius 3 is 2.21 bits per heavy atom. The molecule has 0 aromatic heterocycles. The third-order valence-electron chi connectivity index (χ3n) is 2.98. The van der Waals surface area contributed by atoms with Gasteiger partial charge < -0.3 is 5.11 Å². The Kier molecular flexibility index (Phi) is 3.62. The van der Waals surface area contributed by atoms with Gasteiger partial charge >= 0.3 is 0 Å². The van der Waals surface area contributed by atoms with Crippen molar-refractivity contribution < 1.29 is 5.11 Å². The van der Waals surface area contributed by atoms with Gasteiger partial charge in [-0.2, -0.15) is 0 Å². The molecule has 1 nitrogen and oxygen atoms in total. The molecule has 0 fully saturated rings. The van der Waals surface area contributed by atoms with Crippen molar-refractivity contribution in [2.75, 3.05) is 0 Å². The molecule has 0 aliphatic carbocycles. The molecule has 0 saturated heterocycles. The van der Waals surface area contributed by atoms with Crippen molar-refractivity contribution in [3.8, 4) is 17.6 Å². The van der Waals surface area contributed by atoms with E-state index in [1.165, 1.54) is 5.56 Å². The zero-order valence-corrected chi connectivity index (χ0v) is 11.6. The highest BCUT2D eigenvalue weighted by molar-refractivity contribution is 5.51. The van der Waals surface area contributed by atoms with Crippen LogP contribution < -0.4 is 0 Å². The van der Waals surface area contributed by atoms with Crippen molar-refractivity contribution in [3.05, 3.63) is 65.2 Å². The second kappa shape index (κ2) is 5.20. The molecule has 1 heteroatoms. The van der Waals surface area contributed by atoms with E-state index in [1.807, 2.05) is 42.5 Å². The Morgan fingerprint density at radius 1 is 0.895 bits per heavy atom. The summed E-state index contributed by atoms with van der Waals surface area (Å²) in [7, 11) is 0. The topological polar surface area (TPSA) is 20.2 Å². The monoisotopic (exact) mass is 250 g/mol. The first-order valence-electron chi connectivity index (χ1n) is 6.37. The fourth-order valence-electron chi connectivity index (χ4n) is 1.76. The first kappa shape index (κ1) is 13.2. The predicted molar refractivity (Wildman–Crippen MR) is 79.2 cm³/mol. The van der Waals surface area contributed by atoms with Gasteiger partial charge in [0, 0.05) is 5.56 Å². The van der Waals surface area contributed by atoms with Crippen molar-refractivity contribution in [1.82, 2.24) is 0 Å². The summed E-state index contributed by atoms with van der Waals surface area (Å²) < 4.78 is 0. The maximum atomic E-state index is 9.88. The van der Waals surface area contributed by atoms with Crippen molar-refractivity contribution in [2.24, 2.45) is 0 Å². The van der Waals surface area contributed by atoms with Gasteiger partial charge in [0.1, 0.15) is 5.75 Å². The molecule has 2 rings (SSSR count). The largest absolute Gasteiger partial charge is 0.507 e. The molecule has 2 aromatic carbocycles. The van der Waals surface area contributed by atoms with Gasteiger partial charge in [-0.25, -0.2) is 0 Å². The summed E-state index contributed by atoms with van der Waals surface area (Å²) in [4.78, 5) is 0. The van der Waals surface area contributed by atoms with Crippen molar-refractivity contribution >= 4 is 0 Å². The third kappa shape index (κ3) is 3.39. The van der Waals surface area contributed by atoms with Crippen LogP contribution in [0.3, 0.4) is 0 Å². The highest BCUT2D eigenvalue weighted by atomic mass is 16.3. The van der Waals surface area contributed by atoms with Crippen molar-refractivity contribution in [3.63, 3.8) is 0 Å². The van der Waals surface area contributed by atoms with Gasteiger partial charge in [0.05, 0.1) is 5.56 Å². The average molecular weight is 250 g/mol. The maximum absolute atomic E-state index is 9.88. The average Bonchev–Trinajstić information content (AvgIpc) is 2.37. The number of benzene rings is 2. The summed E-state index contributed by atoms with van der Waals surface area (Å²) in [6.45, 7) is 6.44. The number of hydrogen-bond donors (Lipinski definition) is 1. The summed E-state index contributed by atoms with van der Waals surface area (Å²) >= 11 is 0. The summed E-state index contributed by atoms with van der Waals surface area (Å²) in [5, 5.41) is 9.88. The van der Waals surface area contributed by atoms with Crippen LogP contribution in [-0.4, -0.2) is 5.11 Å². The quantitative estimate of drug-likeness (QED) is 0.698. The molecule has 0 saturated carbocycles. The number of rotatable bonds is 0. The van der Waals surface area contributed by atoms with E-state index in [4.69, 9.17) is 0 Å². The predicted octanol–water partition coefficient (Wildman–Crippen LogP) is 4.09. The standard InChI is InChI=1S/C18H18O/c1-18(2,3)16-11-12-17(19)15(13-16)10-9-14-7-5-4-6-8-14/h4-8,11-13,19H,1-3H3. The Balaban J connectivity index is 2.38. The molecule has 0 atom stereocenters. The third-order valence-corrected chi connectivity index (χ3v) is 2.98. The molecule has 0 spiro atoms. The van der Waals surface area contributed by atoms with Gasteiger partial charge in [-0.1, -0.05) is 56.9 Å². The minimum Gasteiger partial charge on any atom is -0.507 e. The van der Waals surface area contributed by atoms with E-state index in [-0.39, 0.29) is 11.2 Å². The van der Waals surface area contributed by atoms with Gasteiger partial charge in [-0.15, -0.1) is 0 Å². The minimum absolute atomic E-state index is 0.0525. The van der Waals surface area contributed by atoms with Gasteiger partial charge in [0.2, 0.25) is 0 Å². The van der Waals surface area contributed by atoms with E-state index < -0.39 is 0 Å². The van der Waals surface area contributed by atoms with Crippen LogP contribution in [0.5, 0.6) is 5.75 Å². The molecule has 19 heavy (non-hydrogen) atoms. The number of phenols is 1. The van der Waals surface area contributed by atoms with Crippen LogP contribution in [0.1, 0.15) is 37.5 Å². The number of hydrogen-bond acceptors (Lipinski definition) is 1. The second-order valence-electron chi connectivity index (χ2n) is 5.60. The molecule has 0 amide bonds. The lowest BCUT2D eigenvalue weighted by Crippen LogP contribution is -2.10. The van der Waals surface area contributed by atoms with Crippen LogP contribution in [0.15, 0.2) is 48.5 Å². The Hall–Kier alpha value is -2.20. The zero-order chi connectivity index (χ0) is 13.9. The van der Waals surface area contributed by atoms with Crippen molar-refractivity contribution in [1.29, 1.82) is 0 Å². The molecule has 0 aliphatic rings. The van der Waals surface area contributed by atoms with Gasteiger partial charge in [-0.05, 0) is 35.2 Å².